The van der Waals surface area contributed by atoms with Crippen LogP contribution in [0, 0.1) is 26.7 Å². The van der Waals surface area contributed by atoms with Crippen LogP contribution in [0.25, 0.3) is 0 Å². The largest absolute Gasteiger partial charge is 0.457 e. The van der Waals surface area contributed by atoms with Gasteiger partial charge in [0.15, 0.2) is 5.41 Å². The van der Waals surface area contributed by atoms with Crippen LogP contribution >= 0.6 is 0 Å². The van der Waals surface area contributed by atoms with Crippen molar-refractivity contribution < 1.29 is 35.8 Å². The van der Waals surface area contributed by atoms with Crippen molar-refractivity contribution in [1.29, 1.82) is 0 Å². The van der Waals surface area contributed by atoms with Gasteiger partial charge in [-0.15, -0.1) is 0 Å². The summed E-state index contributed by atoms with van der Waals surface area (Å²) in [6.07, 6.45) is -5.39. The van der Waals surface area contributed by atoms with Gasteiger partial charge in [0.2, 0.25) is 0 Å². The molecule has 0 amide bonds. The van der Waals surface area contributed by atoms with Gasteiger partial charge in [-0.2, -0.15) is 26.3 Å². The lowest BCUT2D eigenvalue weighted by atomic mass is 9.64. The molecule has 0 heterocycles. The summed E-state index contributed by atoms with van der Waals surface area (Å²) in [6.45, 7) is 9.67. The lowest BCUT2D eigenvalue weighted by Gasteiger charge is -2.44. The summed E-state index contributed by atoms with van der Waals surface area (Å²) >= 11 is 0. The first-order valence-electron chi connectivity index (χ1n) is 13.5. The first kappa shape index (κ1) is 30.5. The number of hydrogen-bond acceptors (Lipinski definition) is 2. The van der Waals surface area contributed by atoms with E-state index < -0.39 is 35.7 Å². The zero-order chi connectivity index (χ0) is 30.3. The summed E-state index contributed by atoms with van der Waals surface area (Å²) in [4.78, 5) is 0. The minimum absolute atomic E-state index is 0.199. The zero-order valence-corrected chi connectivity index (χ0v) is 24.0. The Bertz CT molecular complexity index is 1420. The normalized spacial score (nSPS) is 18.5. The van der Waals surface area contributed by atoms with Crippen LogP contribution in [0.15, 0.2) is 82.9 Å². The molecule has 0 bridgehead atoms. The van der Waals surface area contributed by atoms with Crippen molar-refractivity contribution in [2.75, 3.05) is 0 Å². The first-order valence-corrected chi connectivity index (χ1v) is 13.5. The second-order valence-corrected chi connectivity index (χ2v) is 11.1. The summed E-state index contributed by atoms with van der Waals surface area (Å²) in [7, 11) is 0. The fourth-order valence-corrected chi connectivity index (χ4v) is 5.87. The molecule has 0 aromatic heterocycles. The highest BCUT2D eigenvalue weighted by atomic mass is 19.4. The number of alkyl halides is 6. The Morgan fingerprint density at radius 3 is 1.90 bits per heavy atom. The van der Waals surface area contributed by atoms with Crippen molar-refractivity contribution in [3.8, 4) is 11.5 Å². The standard InChI is InChI=1S/C33H34F6O2/c1-19-11-7-9-13-27(19)40-29-21(3)15-25(16-22(29)4)31(32(34,35)36,33(37,38)39)26-17-23(5)30(24(6)18-26)41-28-14-10-8-12-20(28)2/h7,9-11,13-15,17-18,25H,8,12,16H2,1-6H3. The van der Waals surface area contributed by atoms with E-state index in [1.54, 1.807) is 18.2 Å². The molecule has 1 unspecified atom stereocenters. The Morgan fingerprint density at radius 2 is 1.37 bits per heavy atom. The van der Waals surface area contributed by atoms with Gasteiger partial charge in [-0.05, 0) is 112 Å². The quantitative estimate of drug-likeness (QED) is 0.319. The average Bonchev–Trinajstić information content (AvgIpc) is 2.84. The Balaban J connectivity index is 1.83. The molecule has 0 fully saturated rings. The van der Waals surface area contributed by atoms with Crippen molar-refractivity contribution in [3.63, 3.8) is 0 Å². The van der Waals surface area contributed by atoms with Crippen LogP contribution in [-0.2, 0) is 5.41 Å². The monoisotopic (exact) mass is 576 g/mol. The van der Waals surface area contributed by atoms with Crippen LogP contribution in [0.4, 0.5) is 26.3 Å². The van der Waals surface area contributed by atoms with Crippen LogP contribution in [0.3, 0.4) is 0 Å². The van der Waals surface area contributed by atoms with E-state index in [2.05, 4.69) is 0 Å². The third-order valence-electron chi connectivity index (χ3n) is 7.98. The molecule has 0 spiro atoms. The third kappa shape index (κ3) is 5.57. The molecular formula is C33H34F6O2. The molecule has 0 N–H and O–H groups in total. The second-order valence-electron chi connectivity index (χ2n) is 11.1. The SMILES string of the molecule is CC1=CC(C(c2cc(C)c(OC3=C(C)CCC=C3)c(C)c2)(C(F)(F)F)C(F)(F)F)CC(C)=C1Oc1ccccc1C. The predicted molar refractivity (Wildman–Crippen MR) is 148 cm³/mol. The lowest BCUT2D eigenvalue weighted by Crippen LogP contribution is -2.58. The van der Waals surface area contributed by atoms with Crippen LogP contribution in [0.5, 0.6) is 11.5 Å². The van der Waals surface area contributed by atoms with E-state index in [1.165, 1.54) is 27.7 Å². The van der Waals surface area contributed by atoms with E-state index in [0.29, 0.717) is 17.1 Å². The molecule has 1 atom stereocenters. The highest BCUT2D eigenvalue weighted by Crippen LogP contribution is 2.60. The van der Waals surface area contributed by atoms with E-state index in [4.69, 9.17) is 9.47 Å². The van der Waals surface area contributed by atoms with Crippen molar-refractivity contribution in [1.82, 2.24) is 0 Å². The van der Waals surface area contributed by atoms with Gasteiger partial charge >= 0.3 is 12.4 Å². The van der Waals surface area contributed by atoms with Gasteiger partial charge in [-0.25, -0.2) is 0 Å². The average molecular weight is 577 g/mol. The minimum Gasteiger partial charge on any atom is -0.457 e. The van der Waals surface area contributed by atoms with Crippen molar-refractivity contribution in [3.05, 3.63) is 105 Å². The molecule has 0 saturated heterocycles. The number of ether oxygens (including phenoxy) is 2. The molecule has 8 heteroatoms. The number of rotatable bonds is 6. The number of allylic oxidation sites excluding steroid dienone is 6. The Hall–Kier alpha value is -3.42. The van der Waals surface area contributed by atoms with Crippen molar-refractivity contribution >= 4 is 0 Å². The summed E-state index contributed by atoms with van der Waals surface area (Å²) in [5.41, 5.74) is -2.31. The fraction of sp³-hybridized carbons (Fsp3) is 0.394. The van der Waals surface area contributed by atoms with Gasteiger partial charge in [-0.3, -0.25) is 0 Å². The maximum absolute atomic E-state index is 15.0. The molecule has 2 aromatic rings. The summed E-state index contributed by atoms with van der Waals surface area (Å²) in [6, 6.07) is 9.05. The highest BCUT2D eigenvalue weighted by molar-refractivity contribution is 5.50. The molecule has 0 radical (unpaired) electrons. The number of para-hydroxylation sites is 1. The Labute approximate surface area is 237 Å². The van der Waals surface area contributed by atoms with Gasteiger partial charge in [0.25, 0.3) is 0 Å². The smallest absolute Gasteiger partial charge is 0.407 e. The fourth-order valence-electron chi connectivity index (χ4n) is 5.87. The third-order valence-corrected chi connectivity index (χ3v) is 7.98. The van der Waals surface area contributed by atoms with E-state index in [-0.39, 0.29) is 28.2 Å². The molecule has 0 aliphatic heterocycles. The summed E-state index contributed by atoms with van der Waals surface area (Å²) in [5, 5.41) is 0. The molecule has 2 aliphatic rings. The van der Waals surface area contributed by atoms with E-state index in [1.807, 2.05) is 32.1 Å². The number of benzene rings is 2. The van der Waals surface area contributed by atoms with Gasteiger partial charge in [0, 0.05) is 5.92 Å². The van der Waals surface area contributed by atoms with Crippen molar-refractivity contribution in [2.45, 2.75) is 78.6 Å². The Morgan fingerprint density at radius 1 is 0.756 bits per heavy atom. The van der Waals surface area contributed by atoms with E-state index in [9.17, 15) is 0 Å². The summed E-state index contributed by atoms with van der Waals surface area (Å²) in [5.74, 6) is -0.349. The maximum Gasteiger partial charge on any atom is 0.407 e. The molecule has 0 saturated carbocycles. The molecule has 220 valence electrons. The lowest BCUT2D eigenvalue weighted by molar-refractivity contribution is -0.315. The number of hydrogen-bond donors (Lipinski definition) is 0. The molecule has 4 rings (SSSR count). The highest BCUT2D eigenvalue weighted by Gasteiger charge is 2.74. The zero-order valence-electron chi connectivity index (χ0n) is 24.0. The van der Waals surface area contributed by atoms with Crippen LogP contribution < -0.4 is 9.47 Å². The van der Waals surface area contributed by atoms with Crippen LogP contribution in [0.1, 0.15) is 62.3 Å². The summed E-state index contributed by atoms with van der Waals surface area (Å²) < 4.78 is 102. The molecule has 41 heavy (non-hydrogen) atoms. The van der Waals surface area contributed by atoms with E-state index in [0.717, 1.165) is 42.2 Å². The van der Waals surface area contributed by atoms with Gasteiger partial charge < -0.3 is 9.47 Å². The molecule has 2 aromatic carbocycles. The van der Waals surface area contributed by atoms with Gasteiger partial charge in [0.1, 0.15) is 23.0 Å². The van der Waals surface area contributed by atoms with Gasteiger partial charge in [-0.1, -0.05) is 42.5 Å². The molecular weight excluding hydrogens is 542 g/mol. The molecule has 2 aliphatic carbocycles. The van der Waals surface area contributed by atoms with E-state index >= 15 is 26.3 Å². The minimum atomic E-state index is -5.65. The molecule has 2 nitrogen and oxygen atoms in total. The van der Waals surface area contributed by atoms with Crippen LogP contribution in [0.2, 0.25) is 0 Å². The number of aryl methyl sites for hydroxylation is 3. The van der Waals surface area contributed by atoms with Gasteiger partial charge in [0.05, 0.1) is 0 Å². The Kier molecular flexibility index (Phi) is 8.27. The first-order chi connectivity index (χ1) is 19.1. The number of halogens is 6. The predicted octanol–water partition coefficient (Wildman–Crippen LogP) is 10.3. The topological polar surface area (TPSA) is 18.5 Å². The van der Waals surface area contributed by atoms with Crippen LogP contribution in [-0.4, -0.2) is 12.4 Å². The maximum atomic E-state index is 15.0. The van der Waals surface area contributed by atoms with Crippen molar-refractivity contribution in [2.24, 2.45) is 5.92 Å². The second kappa shape index (κ2) is 11.1.